The summed E-state index contributed by atoms with van der Waals surface area (Å²) in [6.45, 7) is 8.60. The second-order valence-corrected chi connectivity index (χ2v) is 8.82. The fraction of sp³-hybridized carbons (Fsp3) is 0.367. The van der Waals surface area contributed by atoms with Crippen molar-refractivity contribution < 1.29 is 13.9 Å². The molecule has 0 aromatic heterocycles. The Morgan fingerprint density at radius 1 is 0.711 bits per heavy atom. The molecule has 0 saturated heterocycles. The van der Waals surface area contributed by atoms with Gasteiger partial charge in [0.1, 0.15) is 5.82 Å². The van der Waals surface area contributed by atoms with E-state index in [1.54, 1.807) is 30.3 Å². The minimum absolute atomic E-state index is 0.102. The molecular formula is C30H36FN5O2. The first-order chi connectivity index (χ1) is 18.5. The molecule has 0 fully saturated rings. The number of rotatable bonds is 14. The number of carbonyl (C=O) groups excluding carboxylic acids is 1. The van der Waals surface area contributed by atoms with E-state index in [0.29, 0.717) is 23.7 Å². The third-order valence-electron chi connectivity index (χ3n) is 6.04. The molecule has 0 bridgehead atoms. The molecule has 7 nitrogen and oxygen atoms in total. The van der Waals surface area contributed by atoms with Crippen LogP contribution in [0.15, 0.2) is 87.2 Å². The van der Waals surface area contributed by atoms with E-state index < -0.39 is 11.8 Å². The van der Waals surface area contributed by atoms with E-state index >= 15 is 0 Å². The molecule has 0 aliphatic heterocycles. The predicted molar refractivity (Wildman–Crippen MR) is 150 cm³/mol. The van der Waals surface area contributed by atoms with Gasteiger partial charge in [-0.3, -0.25) is 0 Å². The molecule has 0 spiro atoms. The summed E-state index contributed by atoms with van der Waals surface area (Å²) in [5.74, 6) is -1.34. The van der Waals surface area contributed by atoms with Gasteiger partial charge in [-0.05, 0) is 80.9 Å². The van der Waals surface area contributed by atoms with Crippen molar-refractivity contribution >= 4 is 34.4 Å². The number of anilines is 1. The maximum atomic E-state index is 14.4. The second-order valence-electron chi connectivity index (χ2n) is 8.82. The number of esters is 1. The SMILES string of the molecule is CCCCCCCOC(=O)c1ccc(N=Nc2ccc(N=Nc3ccc(N(CC)CC)cc3)cc2)cc1F. The lowest BCUT2D eigenvalue weighted by Gasteiger charge is -2.20. The Labute approximate surface area is 224 Å². The molecular weight excluding hydrogens is 481 g/mol. The lowest BCUT2D eigenvalue weighted by Crippen LogP contribution is -2.21. The molecule has 200 valence electrons. The quantitative estimate of drug-likeness (QED) is 0.121. The number of nitrogens with zero attached hydrogens (tertiary/aromatic N) is 5. The van der Waals surface area contributed by atoms with Crippen molar-refractivity contribution in [3.05, 3.63) is 78.1 Å². The minimum Gasteiger partial charge on any atom is -0.462 e. The fourth-order valence-corrected chi connectivity index (χ4v) is 3.82. The summed E-state index contributed by atoms with van der Waals surface area (Å²) >= 11 is 0. The maximum Gasteiger partial charge on any atom is 0.341 e. The molecule has 0 unspecified atom stereocenters. The molecule has 0 aliphatic rings. The van der Waals surface area contributed by atoms with Crippen molar-refractivity contribution in [1.29, 1.82) is 0 Å². The van der Waals surface area contributed by atoms with Gasteiger partial charge in [0.25, 0.3) is 0 Å². The van der Waals surface area contributed by atoms with Crippen LogP contribution in [0.3, 0.4) is 0 Å². The van der Waals surface area contributed by atoms with E-state index in [-0.39, 0.29) is 5.56 Å². The van der Waals surface area contributed by atoms with Crippen LogP contribution in [0.25, 0.3) is 0 Å². The van der Waals surface area contributed by atoms with Crippen molar-refractivity contribution in [3.63, 3.8) is 0 Å². The van der Waals surface area contributed by atoms with Gasteiger partial charge in [-0.15, -0.1) is 0 Å². The highest BCUT2D eigenvalue weighted by Gasteiger charge is 2.13. The summed E-state index contributed by atoms with van der Waals surface area (Å²) in [6.07, 6.45) is 5.21. The number of hydrogen-bond acceptors (Lipinski definition) is 7. The van der Waals surface area contributed by atoms with Crippen LogP contribution in [-0.2, 0) is 4.74 Å². The average Bonchev–Trinajstić information content (AvgIpc) is 2.94. The van der Waals surface area contributed by atoms with E-state index in [4.69, 9.17) is 4.74 Å². The average molecular weight is 518 g/mol. The third-order valence-corrected chi connectivity index (χ3v) is 6.04. The molecule has 38 heavy (non-hydrogen) atoms. The molecule has 0 N–H and O–H groups in total. The lowest BCUT2D eigenvalue weighted by molar-refractivity contribution is 0.0492. The van der Waals surface area contributed by atoms with Gasteiger partial charge in [-0.25, -0.2) is 9.18 Å². The first-order valence-corrected chi connectivity index (χ1v) is 13.3. The molecule has 8 heteroatoms. The summed E-state index contributed by atoms with van der Waals surface area (Å²) in [6, 6.07) is 19.1. The smallest absolute Gasteiger partial charge is 0.341 e. The highest BCUT2D eigenvalue weighted by Crippen LogP contribution is 2.25. The van der Waals surface area contributed by atoms with Gasteiger partial charge in [0.05, 0.1) is 34.9 Å². The van der Waals surface area contributed by atoms with E-state index in [1.165, 1.54) is 18.6 Å². The van der Waals surface area contributed by atoms with Crippen LogP contribution in [0.4, 0.5) is 32.8 Å². The van der Waals surface area contributed by atoms with Crippen LogP contribution in [0, 0.1) is 5.82 Å². The van der Waals surface area contributed by atoms with Gasteiger partial charge in [0, 0.05) is 24.8 Å². The van der Waals surface area contributed by atoms with Crippen molar-refractivity contribution in [2.45, 2.75) is 52.9 Å². The Kier molecular flexibility index (Phi) is 11.6. The number of unbranched alkanes of at least 4 members (excludes halogenated alkanes) is 4. The molecule has 0 amide bonds. The Balaban J connectivity index is 1.53. The van der Waals surface area contributed by atoms with Gasteiger partial charge in [0.15, 0.2) is 0 Å². The molecule has 0 aliphatic carbocycles. The zero-order valence-electron chi connectivity index (χ0n) is 22.4. The topological polar surface area (TPSA) is 79.0 Å². The number of azo groups is 2. The van der Waals surface area contributed by atoms with Crippen molar-refractivity contribution in [2.75, 3.05) is 24.6 Å². The van der Waals surface area contributed by atoms with Gasteiger partial charge in [-0.2, -0.15) is 20.5 Å². The van der Waals surface area contributed by atoms with Crippen LogP contribution in [0.5, 0.6) is 0 Å². The number of halogens is 1. The molecule has 0 radical (unpaired) electrons. The van der Waals surface area contributed by atoms with Crippen LogP contribution in [-0.4, -0.2) is 25.7 Å². The van der Waals surface area contributed by atoms with Gasteiger partial charge < -0.3 is 9.64 Å². The maximum absolute atomic E-state index is 14.4. The van der Waals surface area contributed by atoms with Crippen LogP contribution < -0.4 is 4.90 Å². The van der Waals surface area contributed by atoms with Crippen LogP contribution in [0.1, 0.15) is 63.2 Å². The first kappa shape index (κ1) is 28.6. The van der Waals surface area contributed by atoms with Crippen molar-refractivity contribution in [1.82, 2.24) is 0 Å². The standard InChI is InChI=1S/C30H36FN5O2/c1-4-7-8-9-10-21-38-30(37)28-20-17-26(22-29(28)31)35-34-24-13-11-23(12-14-24)32-33-25-15-18-27(19-16-25)36(5-2)6-3/h11-20,22H,4-10,21H2,1-3H3. The normalized spacial score (nSPS) is 11.4. The number of hydrogen-bond donors (Lipinski definition) is 0. The zero-order valence-corrected chi connectivity index (χ0v) is 22.4. The van der Waals surface area contributed by atoms with E-state index in [1.807, 2.05) is 24.3 Å². The van der Waals surface area contributed by atoms with Crippen molar-refractivity contribution in [3.8, 4) is 0 Å². The number of benzene rings is 3. The van der Waals surface area contributed by atoms with Crippen molar-refractivity contribution in [2.24, 2.45) is 20.5 Å². The van der Waals surface area contributed by atoms with Gasteiger partial charge in [-0.1, -0.05) is 32.6 Å². The largest absolute Gasteiger partial charge is 0.462 e. The Hall–Kier alpha value is -3.94. The third kappa shape index (κ3) is 8.87. The highest BCUT2D eigenvalue weighted by molar-refractivity contribution is 5.90. The molecule has 3 aromatic carbocycles. The van der Waals surface area contributed by atoms with Gasteiger partial charge in [0.2, 0.25) is 0 Å². The molecule has 3 rings (SSSR count). The summed E-state index contributed by atoms with van der Waals surface area (Å²) < 4.78 is 19.6. The zero-order chi connectivity index (χ0) is 27.2. The van der Waals surface area contributed by atoms with Crippen LogP contribution in [0.2, 0.25) is 0 Å². The molecule has 3 aromatic rings. The molecule has 0 atom stereocenters. The highest BCUT2D eigenvalue weighted by atomic mass is 19.1. The van der Waals surface area contributed by atoms with E-state index in [0.717, 1.165) is 50.1 Å². The Morgan fingerprint density at radius 3 is 1.74 bits per heavy atom. The summed E-state index contributed by atoms with van der Waals surface area (Å²) in [5.41, 5.74) is 3.39. The van der Waals surface area contributed by atoms with Crippen LogP contribution >= 0.6 is 0 Å². The van der Waals surface area contributed by atoms with E-state index in [2.05, 4.69) is 46.1 Å². The lowest BCUT2D eigenvalue weighted by atomic mass is 10.1. The number of ether oxygens (including phenoxy) is 1. The van der Waals surface area contributed by atoms with Gasteiger partial charge >= 0.3 is 5.97 Å². The Morgan fingerprint density at radius 2 is 1.21 bits per heavy atom. The van der Waals surface area contributed by atoms with E-state index in [9.17, 15) is 9.18 Å². The summed E-state index contributed by atoms with van der Waals surface area (Å²) in [7, 11) is 0. The molecule has 0 saturated carbocycles. The molecule has 0 heterocycles. The first-order valence-electron chi connectivity index (χ1n) is 13.3. The predicted octanol–water partition coefficient (Wildman–Crippen LogP) is 9.63. The Bertz CT molecular complexity index is 1210. The fourth-order valence-electron chi connectivity index (χ4n) is 3.82. The minimum atomic E-state index is -0.682. The summed E-state index contributed by atoms with van der Waals surface area (Å²) in [4.78, 5) is 14.4. The second kappa shape index (κ2) is 15.3. The number of carbonyl (C=O) groups is 1. The monoisotopic (exact) mass is 517 g/mol. The summed E-state index contributed by atoms with van der Waals surface area (Å²) in [5, 5.41) is 16.8.